The number of thiazole rings is 2. The summed E-state index contributed by atoms with van der Waals surface area (Å²) in [6.45, 7) is 8.00. The summed E-state index contributed by atoms with van der Waals surface area (Å²) in [4.78, 5) is 4.59. The second-order valence-corrected chi connectivity index (χ2v) is 11.9. The Morgan fingerprint density at radius 1 is 0.674 bits per heavy atom. The number of benzene rings is 2. The molecule has 2 aromatic carbocycles. The van der Waals surface area contributed by atoms with E-state index in [1.807, 2.05) is 47.4 Å². The van der Waals surface area contributed by atoms with E-state index < -0.39 is 10.4 Å². The van der Waals surface area contributed by atoms with Gasteiger partial charge in [-0.15, -0.1) is 0 Å². The predicted octanol–water partition coefficient (Wildman–Crippen LogP) is 6.27. The molecule has 230 valence electrons. The molecule has 12 nitrogen and oxygen atoms in total. The molecule has 0 fully saturated rings. The summed E-state index contributed by atoms with van der Waals surface area (Å²) in [5, 5.41) is 23.5. The maximum Gasteiger partial charge on any atom is 0.408 e. The van der Waals surface area contributed by atoms with Crippen molar-refractivity contribution in [1.29, 1.82) is 0 Å². The van der Waals surface area contributed by atoms with Gasteiger partial charge < -0.3 is 18.9 Å². The highest BCUT2D eigenvalue weighted by atomic mass is 32.3. The third-order valence-corrected chi connectivity index (χ3v) is 7.89. The SMILES string of the molecule is CC[n+]1ccsc1N=Nc1ccc(N(C)CCCCN(C)c2ccc(N=Nc3scc[n+]3CC)cc2)cc1.O=S(=O)([O-])[O-]. The van der Waals surface area contributed by atoms with Crippen LogP contribution in [0.1, 0.15) is 26.7 Å². The second-order valence-electron chi connectivity index (χ2n) is 9.33. The van der Waals surface area contributed by atoms with Crippen LogP contribution in [-0.2, 0) is 23.5 Å². The number of rotatable bonds is 13. The van der Waals surface area contributed by atoms with Gasteiger partial charge in [0.1, 0.15) is 23.8 Å². The van der Waals surface area contributed by atoms with Gasteiger partial charge in [-0.25, -0.2) is 9.13 Å². The van der Waals surface area contributed by atoms with E-state index in [1.165, 1.54) is 11.4 Å². The van der Waals surface area contributed by atoms with Gasteiger partial charge in [0.25, 0.3) is 0 Å². The highest BCUT2D eigenvalue weighted by molar-refractivity contribution is 7.79. The van der Waals surface area contributed by atoms with Gasteiger partial charge in [-0.1, -0.05) is 0 Å². The number of aryl methyl sites for hydroxylation is 2. The average molecular weight is 645 g/mol. The fraction of sp³-hybridized carbons (Fsp3) is 0.357. The molecular weight excluding hydrogens is 609 g/mol. The number of hydrogen-bond donors (Lipinski definition) is 0. The van der Waals surface area contributed by atoms with Crippen molar-refractivity contribution in [2.75, 3.05) is 37.0 Å². The molecule has 4 aromatic rings. The van der Waals surface area contributed by atoms with Crippen molar-refractivity contribution < 1.29 is 26.7 Å². The monoisotopic (exact) mass is 644 g/mol. The molecule has 0 unspecified atom stereocenters. The molecule has 0 saturated heterocycles. The summed E-state index contributed by atoms with van der Waals surface area (Å²) in [5.74, 6) is 0. The van der Waals surface area contributed by atoms with E-state index in [2.05, 4.69) is 91.6 Å². The zero-order chi connectivity index (χ0) is 31.2. The minimum atomic E-state index is -5.17. The van der Waals surface area contributed by atoms with Crippen LogP contribution in [0.2, 0.25) is 0 Å². The molecule has 0 atom stereocenters. The molecule has 0 aliphatic rings. The molecule has 15 heteroatoms. The van der Waals surface area contributed by atoms with E-state index in [1.54, 1.807) is 22.7 Å². The quantitative estimate of drug-likeness (QED) is 0.0552. The summed E-state index contributed by atoms with van der Waals surface area (Å²) in [6, 6.07) is 16.6. The first kappa shape index (κ1) is 33.9. The molecular formula is C28H36N8O4S3. The van der Waals surface area contributed by atoms with Crippen molar-refractivity contribution in [3.05, 3.63) is 71.7 Å². The Kier molecular flexibility index (Phi) is 13.3. The molecule has 0 bridgehead atoms. The Bertz CT molecular complexity index is 1460. The normalized spacial score (nSPS) is 11.6. The summed E-state index contributed by atoms with van der Waals surface area (Å²) in [5.41, 5.74) is 4.11. The van der Waals surface area contributed by atoms with Crippen molar-refractivity contribution in [1.82, 2.24) is 0 Å². The van der Waals surface area contributed by atoms with Crippen LogP contribution in [0.4, 0.5) is 33.0 Å². The molecule has 2 heterocycles. The average Bonchev–Trinajstić information content (AvgIpc) is 3.65. The number of hydrogen-bond acceptors (Lipinski definition) is 12. The van der Waals surface area contributed by atoms with E-state index in [9.17, 15) is 0 Å². The zero-order valence-corrected chi connectivity index (χ0v) is 27.1. The van der Waals surface area contributed by atoms with Gasteiger partial charge in [0.2, 0.25) is 0 Å². The van der Waals surface area contributed by atoms with Crippen LogP contribution < -0.4 is 18.9 Å². The standard InChI is InChI=1S/C28H36N8S2.H2O4S/c1-5-35-19-21-37-27(35)31-29-23-9-13-25(14-10-23)33(3)17-7-8-18-34(4)26-15-11-24(12-16-26)30-32-28-36(6-2)20-22-38-28;1-5(2,3)4/h9-16,19-22H,5-8,17-18H2,1-4H3;(H2,1,2,3,4)/q+2;/p-2. The summed E-state index contributed by atoms with van der Waals surface area (Å²) >= 11 is 3.20. The third kappa shape index (κ3) is 11.9. The molecule has 4 rings (SSSR count). The second kappa shape index (κ2) is 16.9. The van der Waals surface area contributed by atoms with Gasteiger partial charge in [-0.2, -0.15) is 0 Å². The van der Waals surface area contributed by atoms with Crippen LogP contribution in [-0.4, -0.2) is 44.7 Å². The first-order valence-electron chi connectivity index (χ1n) is 13.6. The van der Waals surface area contributed by atoms with Crippen LogP contribution in [0, 0.1) is 0 Å². The summed E-state index contributed by atoms with van der Waals surface area (Å²) in [7, 11) is -0.886. The van der Waals surface area contributed by atoms with Crippen molar-refractivity contribution in [3.63, 3.8) is 0 Å². The minimum absolute atomic E-state index is 0.864. The fourth-order valence-corrected chi connectivity index (χ4v) is 5.43. The maximum atomic E-state index is 8.52. The summed E-state index contributed by atoms with van der Waals surface area (Å²) < 4.78 is 38.3. The Balaban J connectivity index is 0.000000934. The highest BCUT2D eigenvalue weighted by Gasteiger charge is 2.11. The van der Waals surface area contributed by atoms with E-state index in [-0.39, 0.29) is 0 Å². The molecule has 43 heavy (non-hydrogen) atoms. The molecule has 0 radical (unpaired) electrons. The zero-order valence-electron chi connectivity index (χ0n) is 24.6. The molecule has 0 saturated carbocycles. The topological polar surface area (TPSA) is 144 Å². The lowest BCUT2D eigenvalue weighted by atomic mass is 10.2. The first-order chi connectivity index (χ1) is 20.6. The van der Waals surface area contributed by atoms with Crippen molar-refractivity contribution in [3.8, 4) is 0 Å². The lowest BCUT2D eigenvalue weighted by molar-refractivity contribution is -0.677. The van der Waals surface area contributed by atoms with Crippen LogP contribution in [0.3, 0.4) is 0 Å². The molecule has 0 spiro atoms. The van der Waals surface area contributed by atoms with Crippen LogP contribution in [0.15, 0.2) is 92.1 Å². The molecule has 0 aliphatic heterocycles. The number of nitrogens with zero attached hydrogens (tertiary/aromatic N) is 8. The summed E-state index contributed by atoms with van der Waals surface area (Å²) in [6.07, 6.45) is 6.30. The van der Waals surface area contributed by atoms with Gasteiger partial charge >= 0.3 is 10.3 Å². The lowest BCUT2D eigenvalue weighted by Gasteiger charge is -2.22. The number of azo groups is 2. The Morgan fingerprint density at radius 3 is 1.35 bits per heavy atom. The Labute approximate surface area is 260 Å². The van der Waals surface area contributed by atoms with Gasteiger partial charge in [0, 0.05) is 59.7 Å². The minimum Gasteiger partial charge on any atom is -0.759 e. The first-order valence-corrected chi connectivity index (χ1v) is 16.7. The van der Waals surface area contributed by atoms with Crippen LogP contribution >= 0.6 is 22.7 Å². The third-order valence-electron chi connectivity index (χ3n) is 6.32. The number of unbranched alkanes of at least 4 members (excludes halogenated alkanes) is 1. The van der Waals surface area contributed by atoms with E-state index in [0.29, 0.717) is 0 Å². The van der Waals surface area contributed by atoms with Crippen molar-refractivity contribution in [2.24, 2.45) is 20.5 Å². The smallest absolute Gasteiger partial charge is 0.408 e. The number of aromatic nitrogens is 2. The molecule has 0 amide bonds. The van der Waals surface area contributed by atoms with Crippen molar-refractivity contribution >= 4 is 66.1 Å². The van der Waals surface area contributed by atoms with Gasteiger partial charge in [-0.05, 0) is 108 Å². The maximum absolute atomic E-state index is 8.52. The van der Waals surface area contributed by atoms with Gasteiger partial charge in [0.15, 0.2) is 0 Å². The van der Waals surface area contributed by atoms with E-state index >= 15 is 0 Å². The Morgan fingerprint density at radius 2 is 1.02 bits per heavy atom. The van der Waals surface area contributed by atoms with Crippen LogP contribution in [0.25, 0.3) is 0 Å². The lowest BCUT2D eigenvalue weighted by Crippen LogP contribution is -2.28. The molecule has 2 aromatic heterocycles. The predicted molar refractivity (Wildman–Crippen MR) is 168 cm³/mol. The molecule has 0 N–H and O–H groups in total. The van der Waals surface area contributed by atoms with Gasteiger partial charge in [0.05, 0.1) is 23.3 Å². The Hall–Kier alpha value is -3.63. The molecule has 0 aliphatic carbocycles. The van der Waals surface area contributed by atoms with E-state index in [4.69, 9.17) is 17.5 Å². The van der Waals surface area contributed by atoms with Gasteiger partial charge in [-0.3, -0.25) is 8.42 Å². The fourth-order valence-electron chi connectivity index (χ4n) is 3.94. The van der Waals surface area contributed by atoms with E-state index in [0.717, 1.165) is 60.7 Å². The van der Waals surface area contributed by atoms with Crippen LogP contribution in [0.5, 0.6) is 0 Å². The highest BCUT2D eigenvalue weighted by Crippen LogP contribution is 2.24. The largest absolute Gasteiger partial charge is 0.759 e. The number of anilines is 2. The van der Waals surface area contributed by atoms with Crippen molar-refractivity contribution in [2.45, 2.75) is 39.8 Å².